The van der Waals surface area contributed by atoms with Gasteiger partial charge in [0.15, 0.2) is 16.3 Å². The molecule has 122 valence electrons. The molecule has 5 nitrogen and oxygen atoms in total. The summed E-state index contributed by atoms with van der Waals surface area (Å²) in [5, 5.41) is 0.0355. The quantitative estimate of drug-likeness (QED) is 0.664. The maximum absolute atomic E-state index is 13.1. The van der Waals surface area contributed by atoms with Crippen molar-refractivity contribution in [3.63, 3.8) is 0 Å². The molecule has 24 heavy (non-hydrogen) atoms. The van der Waals surface area contributed by atoms with Gasteiger partial charge in [-0.25, -0.2) is 4.39 Å². The van der Waals surface area contributed by atoms with Gasteiger partial charge in [-0.05, 0) is 18.2 Å². The second kappa shape index (κ2) is 5.61. The Balaban J connectivity index is 1.82. The lowest BCUT2D eigenvalue weighted by atomic mass is 10.2. The van der Waals surface area contributed by atoms with Gasteiger partial charge in [0.1, 0.15) is 5.82 Å². The summed E-state index contributed by atoms with van der Waals surface area (Å²) in [6.45, 7) is 0.203. The minimum absolute atomic E-state index is 0.0355. The molecule has 1 aromatic heterocycles. The van der Waals surface area contributed by atoms with E-state index in [0.717, 1.165) is 16.3 Å². The first-order valence-corrected chi connectivity index (χ1v) is 8.15. The van der Waals surface area contributed by atoms with Crippen LogP contribution in [0.1, 0.15) is 10.4 Å². The van der Waals surface area contributed by atoms with E-state index in [4.69, 9.17) is 21.1 Å². The Morgan fingerprint density at radius 2 is 2.04 bits per heavy atom. The summed E-state index contributed by atoms with van der Waals surface area (Å²) in [7, 11) is 1.80. The highest BCUT2D eigenvalue weighted by Crippen LogP contribution is 2.36. The fourth-order valence-corrected chi connectivity index (χ4v) is 3.71. The predicted octanol–water partition coefficient (Wildman–Crippen LogP) is 3.50. The summed E-state index contributed by atoms with van der Waals surface area (Å²) in [6.07, 6.45) is 0. The zero-order valence-electron chi connectivity index (χ0n) is 12.4. The van der Waals surface area contributed by atoms with Crippen LogP contribution in [0.25, 0.3) is 10.2 Å². The molecule has 0 radical (unpaired) electrons. The monoisotopic (exact) mass is 364 g/mol. The topological polar surface area (TPSA) is 52.8 Å². The molecule has 0 fully saturated rings. The maximum atomic E-state index is 13.1. The van der Waals surface area contributed by atoms with Gasteiger partial charge in [-0.3, -0.25) is 4.79 Å². The van der Waals surface area contributed by atoms with Gasteiger partial charge in [-0.15, -0.1) is 0 Å². The Labute approximate surface area is 144 Å². The minimum atomic E-state index is -0.526. The Hall–Kier alpha value is -2.38. The van der Waals surface area contributed by atoms with E-state index in [0.29, 0.717) is 16.3 Å². The Morgan fingerprint density at radius 1 is 1.29 bits per heavy atom. The van der Waals surface area contributed by atoms with Crippen LogP contribution in [-0.2, 0) is 7.05 Å². The summed E-state index contributed by atoms with van der Waals surface area (Å²) in [6, 6.07) is 7.31. The number of aryl methyl sites for hydroxylation is 1. The number of hydrogen-bond donors (Lipinski definition) is 0. The van der Waals surface area contributed by atoms with Crippen LogP contribution >= 0.6 is 22.9 Å². The highest BCUT2D eigenvalue weighted by atomic mass is 35.5. The van der Waals surface area contributed by atoms with E-state index in [1.807, 2.05) is 12.1 Å². The van der Waals surface area contributed by atoms with E-state index < -0.39 is 11.7 Å². The van der Waals surface area contributed by atoms with Gasteiger partial charge in [0.2, 0.25) is 6.79 Å². The molecule has 1 aliphatic rings. The van der Waals surface area contributed by atoms with Crippen LogP contribution in [0.4, 0.5) is 4.39 Å². The third kappa shape index (κ3) is 2.46. The molecule has 2 heterocycles. The highest BCUT2D eigenvalue weighted by molar-refractivity contribution is 7.16. The first-order valence-electron chi connectivity index (χ1n) is 6.96. The molecule has 3 aromatic rings. The number of fused-ring (bicyclic) bond motifs is 2. The van der Waals surface area contributed by atoms with Gasteiger partial charge in [0.05, 0.1) is 20.8 Å². The molecular formula is C16H10ClFN2O3S. The molecule has 0 saturated carbocycles. The van der Waals surface area contributed by atoms with Crippen LogP contribution in [0.3, 0.4) is 0 Å². The lowest BCUT2D eigenvalue weighted by molar-refractivity contribution is 0.0998. The Bertz CT molecular complexity index is 1060. The smallest absolute Gasteiger partial charge is 0.281 e. The maximum Gasteiger partial charge on any atom is 0.281 e. The van der Waals surface area contributed by atoms with Crippen LogP contribution in [0.5, 0.6) is 11.5 Å². The van der Waals surface area contributed by atoms with Gasteiger partial charge < -0.3 is 14.0 Å². The molecule has 0 spiro atoms. The zero-order valence-corrected chi connectivity index (χ0v) is 13.9. The number of nitrogens with zero attached hydrogens (tertiary/aromatic N) is 2. The van der Waals surface area contributed by atoms with Gasteiger partial charge in [-0.2, -0.15) is 4.99 Å². The van der Waals surface area contributed by atoms with Crippen molar-refractivity contribution in [2.24, 2.45) is 12.0 Å². The van der Waals surface area contributed by atoms with Crippen LogP contribution in [0, 0.1) is 5.82 Å². The number of hydrogen-bond acceptors (Lipinski definition) is 4. The van der Waals surface area contributed by atoms with E-state index >= 15 is 0 Å². The van der Waals surface area contributed by atoms with Crippen molar-refractivity contribution in [3.05, 3.63) is 51.5 Å². The van der Waals surface area contributed by atoms with E-state index in [1.54, 1.807) is 11.6 Å². The van der Waals surface area contributed by atoms with Gasteiger partial charge in [0.25, 0.3) is 5.91 Å². The molecule has 4 rings (SSSR count). The van der Waals surface area contributed by atoms with Crippen LogP contribution in [-0.4, -0.2) is 17.3 Å². The first-order chi connectivity index (χ1) is 11.5. The molecule has 2 aromatic carbocycles. The lowest BCUT2D eigenvalue weighted by Gasteiger charge is -1.99. The number of halogens is 2. The molecule has 0 atom stereocenters. The van der Waals surface area contributed by atoms with Gasteiger partial charge in [0, 0.05) is 19.2 Å². The fraction of sp³-hybridized carbons (Fsp3) is 0.125. The van der Waals surface area contributed by atoms with Crippen molar-refractivity contribution in [1.29, 1.82) is 0 Å². The Morgan fingerprint density at radius 3 is 2.79 bits per heavy atom. The lowest BCUT2D eigenvalue weighted by Crippen LogP contribution is -2.13. The molecule has 0 N–H and O–H groups in total. The molecule has 1 aliphatic heterocycles. The summed E-state index contributed by atoms with van der Waals surface area (Å²) in [5.41, 5.74) is 1.03. The standard InChI is InChI=1S/C16H10ClFN2O3S/c1-20-11-5-12-13(23-7-22-12)6-14(11)24-16(20)19-15(21)9-3-2-8(18)4-10(9)17/h2-6H,7H2,1H3. The number of ether oxygens (including phenoxy) is 2. The van der Waals surface area contributed by atoms with Crippen LogP contribution < -0.4 is 14.3 Å². The highest BCUT2D eigenvalue weighted by Gasteiger charge is 2.17. The SMILES string of the molecule is Cn1c(=NC(=O)c2ccc(F)cc2Cl)sc2cc3c(cc21)OCO3. The second-order valence-corrected chi connectivity index (χ2v) is 6.57. The van der Waals surface area contributed by atoms with Crippen molar-refractivity contribution in [2.45, 2.75) is 0 Å². The van der Waals surface area contributed by atoms with Crippen molar-refractivity contribution in [2.75, 3.05) is 6.79 Å². The average Bonchev–Trinajstić information content (AvgIpc) is 3.10. The van der Waals surface area contributed by atoms with Crippen molar-refractivity contribution in [3.8, 4) is 11.5 Å². The zero-order chi connectivity index (χ0) is 16.8. The molecule has 8 heteroatoms. The molecule has 0 unspecified atom stereocenters. The minimum Gasteiger partial charge on any atom is -0.454 e. The molecule has 0 aliphatic carbocycles. The predicted molar refractivity (Wildman–Crippen MR) is 88.2 cm³/mol. The van der Waals surface area contributed by atoms with Crippen molar-refractivity contribution < 1.29 is 18.7 Å². The van der Waals surface area contributed by atoms with Crippen LogP contribution in [0.2, 0.25) is 5.02 Å². The summed E-state index contributed by atoms with van der Waals surface area (Å²) in [4.78, 5) is 17.0. The summed E-state index contributed by atoms with van der Waals surface area (Å²) in [5.74, 6) is 0.305. The number of benzene rings is 2. The van der Waals surface area contributed by atoms with Crippen molar-refractivity contribution in [1.82, 2.24) is 4.57 Å². The van der Waals surface area contributed by atoms with Crippen molar-refractivity contribution >= 4 is 39.1 Å². The number of aromatic nitrogens is 1. The number of amides is 1. The first kappa shape index (κ1) is 15.2. The second-order valence-electron chi connectivity index (χ2n) is 5.16. The largest absolute Gasteiger partial charge is 0.454 e. The fourth-order valence-electron chi connectivity index (χ4n) is 2.43. The molecule has 0 saturated heterocycles. The summed E-state index contributed by atoms with van der Waals surface area (Å²) >= 11 is 7.26. The van der Waals surface area contributed by atoms with Gasteiger partial charge >= 0.3 is 0 Å². The normalized spacial score (nSPS) is 13.7. The average molecular weight is 365 g/mol. The third-order valence-corrected chi connectivity index (χ3v) is 5.07. The number of thiazole rings is 1. The molecule has 1 amide bonds. The summed E-state index contributed by atoms with van der Waals surface area (Å²) < 4.78 is 26.5. The Kier molecular flexibility index (Phi) is 3.54. The van der Waals surface area contributed by atoms with E-state index in [-0.39, 0.29) is 17.4 Å². The molecule has 0 bridgehead atoms. The van der Waals surface area contributed by atoms with E-state index in [1.165, 1.54) is 23.5 Å². The van der Waals surface area contributed by atoms with Crippen LogP contribution in [0.15, 0.2) is 35.3 Å². The number of rotatable bonds is 1. The van der Waals surface area contributed by atoms with E-state index in [2.05, 4.69) is 4.99 Å². The number of carbonyl (C=O) groups is 1. The third-order valence-electron chi connectivity index (χ3n) is 3.66. The van der Waals surface area contributed by atoms with E-state index in [9.17, 15) is 9.18 Å². The van der Waals surface area contributed by atoms with Gasteiger partial charge in [-0.1, -0.05) is 22.9 Å². The number of carbonyl (C=O) groups excluding carboxylic acids is 1. The molecular weight excluding hydrogens is 355 g/mol.